The van der Waals surface area contributed by atoms with Gasteiger partial charge in [-0.1, -0.05) is 13.8 Å². The standard InChI is InChI=1S/C15H22N2O4S/c1-10(2)7-8-16-22(20,21)12-5-6-14(17-11-3-4-11)13(9-12)15(18)19/h5-6,9-11,16-17H,3-4,7-8H2,1-2H3,(H,18,19). The third-order valence-corrected chi connectivity index (χ3v) is 4.94. The van der Waals surface area contributed by atoms with Crippen LogP contribution in [0.3, 0.4) is 0 Å². The molecule has 22 heavy (non-hydrogen) atoms. The molecule has 0 amide bonds. The Morgan fingerprint density at radius 3 is 2.59 bits per heavy atom. The highest BCUT2D eigenvalue weighted by Gasteiger charge is 2.24. The van der Waals surface area contributed by atoms with Crippen LogP contribution in [0.1, 0.15) is 43.5 Å². The fraction of sp³-hybridized carbons (Fsp3) is 0.533. The van der Waals surface area contributed by atoms with E-state index in [9.17, 15) is 18.3 Å². The number of carboxylic acid groups (broad SMARTS) is 1. The van der Waals surface area contributed by atoms with Gasteiger partial charge in [-0.25, -0.2) is 17.9 Å². The average molecular weight is 326 g/mol. The lowest BCUT2D eigenvalue weighted by Gasteiger charge is -2.12. The van der Waals surface area contributed by atoms with Gasteiger partial charge in [-0.15, -0.1) is 0 Å². The Morgan fingerprint density at radius 2 is 2.05 bits per heavy atom. The molecule has 0 aromatic heterocycles. The maximum Gasteiger partial charge on any atom is 0.337 e. The van der Waals surface area contributed by atoms with Crippen molar-refractivity contribution in [3.8, 4) is 0 Å². The van der Waals surface area contributed by atoms with Gasteiger partial charge in [0.1, 0.15) is 0 Å². The predicted octanol–water partition coefficient (Wildman–Crippen LogP) is 2.28. The molecule has 0 bridgehead atoms. The normalized spacial score (nSPS) is 15.0. The van der Waals surface area contributed by atoms with Crippen LogP contribution in [0, 0.1) is 5.92 Å². The molecule has 3 N–H and O–H groups in total. The molecular weight excluding hydrogens is 304 g/mol. The largest absolute Gasteiger partial charge is 0.478 e. The molecule has 1 aliphatic rings. The number of nitrogens with one attached hydrogen (secondary N) is 2. The Morgan fingerprint density at radius 1 is 1.36 bits per heavy atom. The maximum atomic E-state index is 12.2. The van der Waals surface area contributed by atoms with Crippen LogP contribution in [0.2, 0.25) is 0 Å². The van der Waals surface area contributed by atoms with Gasteiger partial charge in [-0.2, -0.15) is 0 Å². The van der Waals surface area contributed by atoms with Crippen molar-refractivity contribution in [2.45, 2.75) is 44.0 Å². The molecule has 0 unspecified atom stereocenters. The van der Waals surface area contributed by atoms with Crippen molar-refractivity contribution in [1.82, 2.24) is 4.72 Å². The van der Waals surface area contributed by atoms with Crippen LogP contribution in [0.15, 0.2) is 23.1 Å². The summed E-state index contributed by atoms with van der Waals surface area (Å²) in [6.07, 6.45) is 2.75. The summed E-state index contributed by atoms with van der Waals surface area (Å²) in [6.45, 7) is 4.36. The molecular formula is C15H22N2O4S. The Hall–Kier alpha value is -1.60. The Kier molecular flexibility index (Phi) is 5.08. The molecule has 1 fully saturated rings. The van der Waals surface area contributed by atoms with Gasteiger partial charge < -0.3 is 10.4 Å². The quantitative estimate of drug-likeness (QED) is 0.681. The van der Waals surface area contributed by atoms with Crippen molar-refractivity contribution in [1.29, 1.82) is 0 Å². The molecule has 0 atom stereocenters. The number of aromatic carboxylic acids is 1. The summed E-state index contributed by atoms with van der Waals surface area (Å²) in [4.78, 5) is 11.3. The van der Waals surface area contributed by atoms with Crippen molar-refractivity contribution in [3.63, 3.8) is 0 Å². The van der Waals surface area contributed by atoms with E-state index in [1.807, 2.05) is 13.8 Å². The zero-order valence-corrected chi connectivity index (χ0v) is 13.6. The molecule has 0 heterocycles. The SMILES string of the molecule is CC(C)CCNS(=O)(=O)c1ccc(NC2CC2)c(C(=O)O)c1. The second-order valence-electron chi connectivity index (χ2n) is 6.01. The van der Waals surface area contributed by atoms with Gasteiger partial charge in [0.2, 0.25) is 10.0 Å². The van der Waals surface area contributed by atoms with Crippen LogP contribution >= 0.6 is 0 Å². The van der Waals surface area contributed by atoms with Gasteiger partial charge in [-0.05, 0) is 43.4 Å². The first-order chi connectivity index (χ1) is 10.3. The van der Waals surface area contributed by atoms with E-state index >= 15 is 0 Å². The van der Waals surface area contributed by atoms with Crippen LogP contribution in [0.5, 0.6) is 0 Å². The predicted molar refractivity (Wildman–Crippen MR) is 84.7 cm³/mol. The Labute approximate surface area is 131 Å². The fourth-order valence-electron chi connectivity index (χ4n) is 2.01. The lowest BCUT2D eigenvalue weighted by molar-refractivity contribution is 0.0697. The summed E-state index contributed by atoms with van der Waals surface area (Å²) in [5.41, 5.74) is 0.453. The number of rotatable bonds is 8. The van der Waals surface area contributed by atoms with Crippen LogP contribution in [0.4, 0.5) is 5.69 Å². The summed E-state index contributed by atoms with van der Waals surface area (Å²) >= 11 is 0. The summed E-state index contributed by atoms with van der Waals surface area (Å²) in [6, 6.07) is 4.48. The molecule has 0 radical (unpaired) electrons. The number of anilines is 1. The van der Waals surface area contributed by atoms with Crippen LogP contribution in [-0.4, -0.2) is 32.1 Å². The molecule has 1 aromatic carbocycles. The molecule has 2 rings (SSSR count). The minimum atomic E-state index is -3.68. The highest BCUT2D eigenvalue weighted by Crippen LogP contribution is 2.28. The number of carboxylic acids is 1. The highest BCUT2D eigenvalue weighted by atomic mass is 32.2. The molecule has 1 aromatic rings. The molecule has 1 aliphatic carbocycles. The van der Waals surface area contributed by atoms with Gasteiger partial charge in [-0.3, -0.25) is 0 Å². The lowest BCUT2D eigenvalue weighted by Crippen LogP contribution is -2.26. The van der Waals surface area contributed by atoms with E-state index in [-0.39, 0.29) is 10.5 Å². The summed E-state index contributed by atoms with van der Waals surface area (Å²) in [5.74, 6) is -0.746. The first kappa shape index (κ1) is 16.8. The van der Waals surface area contributed by atoms with E-state index in [2.05, 4.69) is 10.0 Å². The number of hydrogen-bond acceptors (Lipinski definition) is 4. The number of hydrogen-bond donors (Lipinski definition) is 3. The summed E-state index contributed by atoms with van der Waals surface area (Å²) in [5, 5.41) is 12.4. The number of sulfonamides is 1. The zero-order valence-electron chi connectivity index (χ0n) is 12.8. The summed E-state index contributed by atoms with van der Waals surface area (Å²) < 4.78 is 26.9. The van der Waals surface area contributed by atoms with Crippen LogP contribution < -0.4 is 10.0 Å². The Balaban J connectivity index is 2.19. The summed E-state index contributed by atoms with van der Waals surface area (Å²) in [7, 11) is -3.68. The third-order valence-electron chi connectivity index (χ3n) is 3.48. The van der Waals surface area contributed by atoms with E-state index in [0.29, 0.717) is 24.2 Å². The zero-order chi connectivity index (χ0) is 16.3. The van der Waals surface area contributed by atoms with Gasteiger partial charge in [0.25, 0.3) is 0 Å². The first-order valence-corrected chi connectivity index (χ1v) is 8.91. The Bertz CT molecular complexity index is 652. The van der Waals surface area contributed by atoms with Gasteiger partial charge in [0.15, 0.2) is 0 Å². The van der Waals surface area contributed by atoms with Crippen molar-refractivity contribution in [2.75, 3.05) is 11.9 Å². The van der Waals surface area contributed by atoms with Crippen molar-refractivity contribution in [3.05, 3.63) is 23.8 Å². The second-order valence-corrected chi connectivity index (χ2v) is 7.78. The monoisotopic (exact) mass is 326 g/mol. The van der Waals surface area contributed by atoms with E-state index in [0.717, 1.165) is 19.3 Å². The van der Waals surface area contributed by atoms with Crippen molar-refractivity contribution >= 4 is 21.7 Å². The minimum absolute atomic E-state index is 0.0152. The first-order valence-electron chi connectivity index (χ1n) is 7.43. The van der Waals surface area contributed by atoms with Gasteiger partial charge in [0, 0.05) is 18.3 Å². The van der Waals surface area contributed by atoms with Gasteiger partial charge in [0.05, 0.1) is 10.5 Å². The highest BCUT2D eigenvalue weighted by molar-refractivity contribution is 7.89. The molecule has 0 spiro atoms. The van der Waals surface area contributed by atoms with Crippen LogP contribution in [-0.2, 0) is 10.0 Å². The maximum absolute atomic E-state index is 12.2. The third kappa shape index (κ3) is 4.45. The number of carbonyl (C=O) groups is 1. The van der Waals surface area contributed by atoms with E-state index in [1.54, 1.807) is 0 Å². The average Bonchev–Trinajstić information content (AvgIpc) is 3.22. The molecule has 122 valence electrons. The lowest BCUT2D eigenvalue weighted by atomic mass is 10.1. The van der Waals surface area contributed by atoms with E-state index in [1.165, 1.54) is 18.2 Å². The molecule has 6 nitrogen and oxygen atoms in total. The smallest absolute Gasteiger partial charge is 0.337 e. The number of benzene rings is 1. The minimum Gasteiger partial charge on any atom is -0.478 e. The topological polar surface area (TPSA) is 95.5 Å². The van der Waals surface area contributed by atoms with Gasteiger partial charge >= 0.3 is 5.97 Å². The molecule has 0 saturated heterocycles. The second kappa shape index (κ2) is 6.66. The molecule has 0 aliphatic heterocycles. The van der Waals surface area contributed by atoms with Crippen LogP contribution in [0.25, 0.3) is 0 Å². The van der Waals surface area contributed by atoms with Crippen molar-refractivity contribution in [2.24, 2.45) is 5.92 Å². The fourth-order valence-corrected chi connectivity index (χ4v) is 3.08. The molecule has 7 heteroatoms. The van der Waals surface area contributed by atoms with E-state index < -0.39 is 16.0 Å². The van der Waals surface area contributed by atoms with E-state index in [4.69, 9.17) is 0 Å². The molecule has 1 saturated carbocycles. The van der Waals surface area contributed by atoms with Crippen molar-refractivity contribution < 1.29 is 18.3 Å².